The normalized spacial score (nSPS) is 15.6. The van der Waals surface area contributed by atoms with E-state index in [0.717, 1.165) is 36.9 Å². The van der Waals surface area contributed by atoms with Crippen LogP contribution in [0.1, 0.15) is 44.2 Å². The minimum absolute atomic E-state index is 0.0553. The molecule has 0 radical (unpaired) electrons. The molecule has 1 saturated heterocycles. The number of likely N-dealkylation sites (tertiary alicyclic amines) is 1. The SMILES string of the molecule is Cc1ccccc1CC(=O)N1CCC(C(=O)NCCC(C)C)CC1. The third kappa shape index (κ3) is 5.36. The Bertz CT molecular complexity index is 561. The zero-order valence-electron chi connectivity index (χ0n) is 15.2. The highest BCUT2D eigenvalue weighted by molar-refractivity contribution is 5.81. The van der Waals surface area contributed by atoms with Crippen molar-refractivity contribution in [1.29, 1.82) is 0 Å². The second-order valence-corrected chi connectivity index (χ2v) is 7.23. The largest absolute Gasteiger partial charge is 0.356 e. The van der Waals surface area contributed by atoms with Crippen LogP contribution in [0.25, 0.3) is 0 Å². The van der Waals surface area contributed by atoms with E-state index in [1.807, 2.05) is 36.1 Å². The summed E-state index contributed by atoms with van der Waals surface area (Å²) in [5.41, 5.74) is 2.25. The first-order valence-corrected chi connectivity index (χ1v) is 9.07. The van der Waals surface area contributed by atoms with Gasteiger partial charge in [0.15, 0.2) is 0 Å². The summed E-state index contributed by atoms with van der Waals surface area (Å²) in [5, 5.41) is 3.03. The van der Waals surface area contributed by atoms with Crippen LogP contribution in [0.15, 0.2) is 24.3 Å². The molecule has 1 heterocycles. The summed E-state index contributed by atoms with van der Waals surface area (Å²) in [6.45, 7) is 8.48. The molecule has 1 fully saturated rings. The van der Waals surface area contributed by atoms with Gasteiger partial charge >= 0.3 is 0 Å². The second kappa shape index (κ2) is 8.86. The molecule has 0 saturated carbocycles. The fourth-order valence-electron chi connectivity index (χ4n) is 3.10. The first-order valence-electron chi connectivity index (χ1n) is 9.07. The number of carbonyl (C=O) groups is 2. The number of rotatable bonds is 6. The molecule has 1 aliphatic heterocycles. The van der Waals surface area contributed by atoms with E-state index in [2.05, 4.69) is 19.2 Å². The fourth-order valence-corrected chi connectivity index (χ4v) is 3.10. The number of hydrogen-bond acceptors (Lipinski definition) is 2. The van der Waals surface area contributed by atoms with Crippen molar-refractivity contribution in [3.8, 4) is 0 Å². The molecule has 0 atom stereocenters. The van der Waals surface area contributed by atoms with Crippen LogP contribution in [0, 0.1) is 18.8 Å². The second-order valence-electron chi connectivity index (χ2n) is 7.23. The van der Waals surface area contributed by atoms with E-state index in [9.17, 15) is 9.59 Å². The van der Waals surface area contributed by atoms with Gasteiger partial charge in [-0.25, -0.2) is 0 Å². The predicted molar refractivity (Wildman–Crippen MR) is 96.7 cm³/mol. The molecule has 1 aliphatic rings. The number of hydrogen-bond donors (Lipinski definition) is 1. The van der Waals surface area contributed by atoms with Gasteiger partial charge < -0.3 is 10.2 Å². The monoisotopic (exact) mass is 330 g/mol. The topological polar surface area (TPSA) is 49.4 Å². The molecule has 1 aromatic carbocycles. The van der Waals surface area contributed by atoms with Crippen molar-refractivity contribution in [2.24, 2.45) is 11.8 Å². The van der Waals surface area contributed by atoms with Gasteiger partial charge in [0.25, 0.3) is 0 Å². The molecular formula is C20H30N2O2. The van der Waals surface area contributed by atoms with Crippen molar-refractivity contribution < 1.29 is 9.59 Å². The Kier molecular flexibility index (Phi) is 6.83. The van der Waals surface area contributed by atoms with E-state index in [4.69, 9.17) is 0 Å². The van der Waals surface area contributed by atoms with Gasteiger partial charge in [-0.05, 0) is 43.2 Å². The maximum atomic E-state index is 12.5. The van der Waals surface area contributed by atoms with E-state index in [-0.39, 0.29) is 17.7 Å². The van der Waals surface area contributed by atoms with E-state index in [0.29, 0.717) is 25.4 Å². The molecule has 0 spiro atoms. The van der Waals surface area contributed by atoms with Gasteiger partial charge in [0, 0.05) is 25.6 Å². The summed E-state index contributed by atoms with van der Waals surface area (Å²) in [4.78, 5) is 26.6. The molecule has 0 aromatic heterocycles. The van der Waals surface area contributed by atoms with Crippen LogP contribution in [0.2, 0.25) is 0 Å². The van der Waals surface area contributed by atoms with Crippen molar-refractivity contribution >= 4 is 11.8 Å². The Balaban J connectivity index is 1.76. The van der Waals surface area contributed by atoms with Gasteiger partial charge in [-0.15, -0.1) is 0 Å². The summed E-state index contributed by atoms with van der Waals surface area (Å²) < 4.78 is 0. The number of aryl methyl sites for hydroxylation is 1. The minimum Gasteiger partial charge on any atom is -0.356 e. The number of piperidine rings is 1. The zero-order chi connectivity index (χ0) is 17.5. The Hall–Kier alpha value is -1.84. The fraction of sp³-hybridized carbons (Fsp3) is 0.600. The molecule has 24 heavy (non-hydrogen) atoms. The van der Waals surface area contributed by atoms with Gasteiger partial charge in [0.05, 0.1) is 6.42 Å². The Morgan fingerprint density at radius 2 is 1.88 bits per heavy atom. The lowest BCUT2D eigenvalue weighted by Gasteiger charge is -2.31. The maximum absolute atomic E-state index is 12.5. The lowest BCUT2D eigenvalue weighted by atomic mass is 9.95. The molecule has 0 bridgehead atoms. The Labute approximate surface area is 145 Å². The highest BCUT2D eigenvalue weighted by Crippen LogP contribution is 2.19. The first-order chi connectivity index (χ1) is 11.5. The number of nitrogens with zero attached hydrogens (tertiary/aromatic N) is 1. The molecule has 1 aromatic rings. The first kappa shape index (κ1) is 18.5. The molecule has 2 amide bonds. The van der Waals surface area contributed by atoms with E-state index >= 15 is 0 Å². The number of amides is 2. The molecule has 4 heteroatoms. The highest BCUT2D eigenvalue weighted by Gasteiger charge is 2.27. The van der Waals surface area contributed by atoms with Crippen LogP contribution in [0.3, 0.4) is 0 Å². The molecule has 4 nitrogen and oxygen atoms in total. The number of carbonyl (C=O) groups excluding carboxylic acids is 2. The summed E-state index contributed by atoms with van der Waals surface area (Å²) in [5.74, 6) is 0.982. The van der Waals surface area contributed by atoms with Crippen molar-refractivity contribution in [3.63, 3.8) is 0 Å². The van der Waals surface area contributed by atoms with E-state index in [1.165, 1.54) is 0 Å². The summed E-state index contributed by atoms with van der Waals surface area (Å²) in [6.07, 6.45) is 3.01. The quantitative estimate of drug-likeness (QED) is 0.872. The van der Waals surface area contributed by atoms with E-state index < -0.39 is 0 Å². The standard InChI is InChI=1S/C20H30N2O2/c1-15(2)8-11-21-20(24)17-9-12-22(13-10-17)19(23)14-18-7-5-4-6-16(18)3/h4-7,15,17H,8-14H2,1-3H3,(H,21,24). The maximum Gasteiger partial charge on any atom is 0.226 e. The van der Waals surface area contributed by atoms with E-state index in [1.54, 1.807) is 0 Å². The molecule has 132 valence electrons. The third-order valence-electron chi connectivity index (χ3n) is 4.84. The minimum atomic E-state index is 0.0553. The zero-order valence-corrected chi connectivity index (χ0v) is 15.2. The lowest BCUT2D eigenvalue weighted by Crippen LogP contribution is -2.43. The lowest BCUT2D eigenvalue weighted by molar-refractivity contribution is -0.135. The van der Waals surface area contributed by atoms with Gasteiger partial charge in [-0.1, -0.05) is 38.1 Å². The van der Waals surface area contributed by atoms with Gasteiger partial charge in [-0.3, -0.25) is 9.59 Å². The van der Waals surface area contributed by atoms with Crippen LogP contribution in [0.4, 0.5) is 0 Å². The van der Waals surface area contributed by atoms with Gasteiger partial charge in [-0.2, -0.15) is 0 Å². The van der Waals surface area contributed by atoms with Crippen molar-refractivity contribution in [1.82, 2.24) is 10.2 Å². The average molecular weight is 330 g/mol. The predicted octanol–water partition coefficient (Wildman–Crippen LogP) is 2.94. The Morgan fingerprint density at radius 3 is 2.50 bits per heavy atom. The summed E-state index contributed by atoms with van der Waals surface area (Å²) in [6, 6.07) is 8.02. The smallest absolute Gasteiger partial charge is 0.226 e. The molecule has 2 rings (SSSR count). The summed E-state index contributed by atoms with van der Waals surface area (Å²) >= 11 is 0. The number of nitrogens with one attached hydrogen (secondary N) is 1. The average Bonchev–Trinajstić information content (AvgIpc) is 2.56. The highest BCUT2D eigenvalue weighted by atomic mass is 16.2. The third-order valence-corrected chi connectivity index (χ3v) is 4.84. The molecule has 0 aliphatic carbocycles. The summed E-state index contributed by atoms with van der Waals surface area (Å²) in [7, 11) is 0. The van der Waals surface area contributed by atoms with Crippen molar-refractivity contribution in [3.05, 3.63) is 35.4 Å². The van der Waals surface area contributed by atoms with Gasteiger partial charge in [0.1, 0.15) is 0 Å². The van der Waals surface area contributed by atoms with Crippen LogP contribution < -0.4 is 5.32 Å². The molecular weight excluding hydrogens is 300 g/mol. The number of benzene rings is 1. The van der Waals surface area contributed by atoms with Crippen LogP contribution >= 0.6 is 0 Å². The Morgan fingerprint density at radius 1 is 1.21 bits per heavy atom. The van der Waals surface area contributed by atoms with Crippen LogP contribution in [-0.2, 0) is 16.0 Å². The molecule has 1 N–H and O–H groups in total. The van der Waals surface area contributed by atoms with Gasteiger partial charge in [0.2, 0.25) is 11.8 Å². The van der Waals surface area contributed by atoms with Crippen molar-refractivity contribution in [2.45, 2.75) is 46.5 Å². The molecule has 0 unspecified atom stereocenters. The van der Waals surface area contributed by atoms with Crippen LogP contribution in [-0.4, -0.2) is 36.3 Å². The van der Waals surface area contributed by atoms with Crippen LogP contribution in [0.5, 0.6) is 0 Å². The van der Waals surface area contributed by atoms with Crippen molar-refractivity contribution in [2.75, 3.05) is 19.6 Å².